The second kappa shape index (κ2) is 3.55. The van der Waals surface area contributed by atoms with Crippen molar-refractivity contribution in [2.24, 2.45) is 0 Å². The van der Waals surface area contributed by atoms with Crippen LogP contribution in [0.15, 0.2) is 0 Å². The van der Waals surface area contributed by atoms with Gasteiger partial charge < -0.3 is 0 Å². The molecule has 7 heteroatoms. The third-order valence-corrected chi connectivity index (χ3v) is 6.03. The molecule has 0 aliphatic carbocycles. The zero-order valence-corrected chi connectivity index (χ0v) is 8.99. The van der Waals surface area contributed by atoms with Gasteiger partial charge in [-0.2, -0.15) is 0 Å². The fraction of sp³-hybridized carbons (Fsp3) is 1.00. The molecule has 0 aromatic heterocycles. The summed E-state index contributed by atoms with van der Waals surface area (Å²) < 4.78 is 47.0. The molecule has 0 bridgehead atoms. The van der Waals surface area contributed by atoms with E-state index in [-0.39, 0.29) is 11.5 Å². The molecule has 1 N–H and O–H groups in total. The molecule has 0 radical (unpaired) electrons. The monoisotopic (exact) mass is 227 g/mol. The predicted molar refractivity (Wildman–Crippen MR) is 49.7 cm³/mol. The average molecular weight is 227 g/mol. The molecular formula is C6H13NO4S2. The van der Waals surface area contributed by atoms with Crippen LogP contribution in [-0.4, -0.2) is 40.6 Å². The Morgan fingerprint density at radius 1 is 1.38 bits per heavy atom. The Bertz CT molecular complexity index is 369. The van der Waals surface area contributed by atoms with Gasteiger partial charge in [0.15, 0.2) is 9.84 Å². The molecule has 1 heterocycles. The second-order valence-electron chi connectivity index (χ2n) is 3.13. The Balaban J connectivity index is 2.85. The highest BCUT2D eigenvalue weighted by Gasteiger charge is 2.33. The van der Waals surface area contributed by atoms with Gasteiger partial charge in [-0.15, -0.1) is 0 Å². The van der Waals surface area contributed by atoms with E-state index in [1.54, 1.807) is 0 Å². The summed E-state index contributed by atoms with van der Waals surface area (Å²) in [6.45, 7) is 0. The number of hydrogen-bond donors (Lipinski definition) is 1. The van der Waals surface area contributed by atoms with Crippen LogP contribution < -0.4 is 4.72 Å². The van der Waals surface area contributed by atoms with E-state index < -0.39 is 25.1 Å². The van der Waals surface area contributed by atoms with Crippen molar-refractivity contribution in [3.8, 4) is 0 Å². The van der Waals surface area contributed by atoms with Crippen molar-refractivity contribution in [2.45, 2.75) is 18.1 Å². The Kier molecular flexibility index (Phi) is 2.98. The molecule has 0 saturated carbocycles. The topological polar surface area (TPSA) is 80.3 Å². The van der Waals surface area contributed by atoms with Crippen molar-refractivity contribution in [1.29, 1.82) is 0 Å². The summed E-state index contributed by atoms with van der Waals surface area (Å²) in [6, 6.07) is 0. The number of sulfone groups is 1. The van der Waals surface area contributed by atoms with E-state index in [0.29, 0.717) is 12.8 Å². The molecule has 1 aliphatic rings. The molecule has 0 aromatic carbocycles. The Morgan fingerprint density at radius 3 is 2.46 bits per heavy atom. The van der Waals surface area contributed by atoms with E-state index in [9.17, 15) is 16.8 Å². The van der Waals surface area contributed by atoms with Crippen LogP contribution >= 0.6 is 0 Å². The Morgan fingerprint density at radius 2 is 2.00 bits per heavy atom. The SMILES string of the molecule is CNS(=O)(=O)C1CCCS(=O)(=O)C1. The molecule has 78 valence electrons. The third-order valence-electron chi connectivity index (χ3n) is 2.14. The maximum Gasteiger partial charge on any atom is 0.215 e. The summed E-state index contributed by atoms with van der Waals surface area (Å²) in [5.41, 5.74) is 0. The lowest BCUT2D eigenvalue weighted by molar-refractivity contribution is 0.547. The molecule has 0 spiro atoms. The molecule has 1 rings (SSSR count). The van der Waals surface area contributed by atoms with Crippen LogP contribution in [0.3, 0.4) is 0 Å². The molecule has 0 amide bonds. The smallest absolute Gasteiger partial charge is 0.215 e. The van der Waals surface area contributed by atoms with Gasteiger partial charge in [0.1, 0.15) is 0 Å². The third kappa shape index (κ3) is 2.65. The first-order valence-corrected chi connectivity index (χ1v) is 7.37. The first-order chi connectivity index (χ1) is 5.87. The Labute approximate surface area is 78.5 Å². The summed E-state index contributed by atoms with van der Waals surface area (Å²) in [5, 5.41) is -0.767. The van der Waals surface area contributed by atoms with Crippen LogP contribution in [0, 0.1) is 0 Å². The van der Waals surface area contributed by atoms with Crippen molar-refractivity contribution in [3.05, 3.63) is 0 Å². The standard InChI is InChI=1S/C6H13NO4S2/c1-7-13(10,11)6-3-2-4-12(8,9)5-6/h6-7H,2-5H2,1H3. The molecular weight excluding hydrogens is 214 g/mol. The van der Waals surface area contributed by atoms with Crippen LogP contribution in [0.2, 0.25) is 0 Å². The van der Waals surface area contributed by atoms with E-state index in [1.165, 1.54) is 7.05 Å². The van der Waals surface area contributed by atoms with E-state index in [0.717, 1.165) is 0 Å². The second-order valence-corrected chi connectivity index (χ2v) is 7.52. The summed E-state index contributed by atoms with van der Waals surface area (Å²) in [4.78, 5) is 0. The van der Waals surface area contributed by atoms with Gasteiger partial charge in [0.2, 0.25) is 10.0 Å². The van der Waals surface area contributed by atoms with Gasteiger partial charge in [0.05, 0.1) is 16.8 Å². The maximum absolute atomic E-state index is 11.3. The summed E-state index contributed by atoms with van der Waals surface area (Å²) >= 11 is 0. The molecule has 1 atom stereocenters. The van der Waals surface area contributed by atoms with Crippen molar-refractivity contribution in [3.63, 3.8) is 0 Å². The molecule has 1 saturated heterocycles. The quantitative estimate of drug-likeness (QED) is 0.664. The largest absolute Gasteiger partial charge is 0.229 e. The van der Waals surface area contributed by atoms with Gasteiger partial charge in [0, 0.05) is 0 Å². The first-order valence-electron chi connectivity index (χ1n) is 4.00. The highest BCUT2D eigenvalue weighted by atomic mass is 32.2. The maximum atomic E-state index is 11.3. The zero-order valence-electron chi connectivity index (χ0n) is 7.36. The Hall–Kier alpha value is -0.140. The van der Waals surface area contributed by atoms with Crippen molar-refractivity contribution >= 4 is 19.9 Å². The number of hydrogen-bond acceptors (Lipinski definition) is 4. The highest BCUT2D eigenvalue weighted by molar-refractivity contribution is 7.94. The lowest BCUT2D eigenvalue weighted by Gasteiger charge is -2.21. The summed E-state index contributed by atoms with van der Waals surface area (Å²) in [5.74, 6) is -0.126. The lowest BCUT2D eigenvalue weighted by Crippen LogP contribution is -2.40. The summed E-state index contributed by atoms with van der Waals surface area (Å²) in [6.07, 6.45) is 0.871. The van der Waals surface area contributed by atoms with Crippen LogP contribution in [0.5, 0.6) is 0 Å². The number of sulfonamides is 1. The molecule has 1 aliphatic heterocycles. The van der Waals surface area contributed by atoms with Gasteiger partial charge in [0.25, 0.3) is 0 Å². The van der Waals surface area contributed by atoms with Crippen LogP contribution in [-0.2, 0) is 19.9 Å². The van der Waals surface area contributed by atoms with Crippen LogP contribution in [0.25, 0.3) is 0 Å². The van der Waals surface area contributed by atoms with E-state index >= 15 is 0 Å². The predicted octanol–water partition coefficient (Wildman–Crippen LogP) is -0.887. The fourth-order valence-corrected chi connectivity index (χ4v) is 5.05. The normalized spacial score (nSPS) is 28.5. The molecule has 13 heavy (non-hydrogen) atoms. The van der Waals surface area contributed by atoms with Gasteiger partial charge in [-0.1, -0.05) is 0 Å². The molecule has 1 unspecified atom stereocenters. The van der Waals surface area contributed by atoms with E-state index in [2.05, 4.69) is 4.72 Å². The summed E-state index contributed by atoms with van der Waals surface area (Å²) in [7, 11) is -5.26. The number of nitrogens with one attached hydrogen (secondary N) is 1. The van der Waals surface area contributed by atoms with Crippen molar-refractivity contribution < 1.29 is 16.8 Å². The van der Waals surface area contributed by atoms with Crippen LogP contribution in [0.1, 0.15) is 12.8 Å². The minimum absolute atomic E-state index is 0.114. The van der Waals surface area contributed by atoms with Gasteiger partial charge in [-0.05, 0) is 19.9 Å². The fourth-order valence-electron chi connectivity index (χ4n) is 1.39. The van der Waals surface area contributed by atoms with Crippen LogP contribution in [0.4, 0.5) is 0 Å². The van der Waals surface area contributed by atoms with Gasteiger partial charge in [-0.25, -0.2) is 21.6 Å². The van der Waals surface area contributed by atoms with E-state index in [4.69, 9.17) is 0 Å². The average Bonchev–Trinajstić information content (AvgIpc) is 2.03. The zero-order chi connectivity index (χ0) is 10.1. The van der Waals surface area contributed by atoms with Gasteiger partial charge in [-0.3, -0.25) is 0 Å². The molecule has 0 aromatic rings. The highest BCUT2D eigenvalue weighted by Crippen LogP contribution is 2.17. The minimum Gasteiger partial charge on any atom is -0.229 e. The van der Waals surface area contributed by atoms with Crippen molar-refractivity contribution in [1.82, 2.24) is 4.72 Å². The van der Waals surface area contributed by atoms with E-state index in [1.807, 2.05) is 0 Å². The first kappa shape index (κ1) is 10.9. The number of rotatable bonds is 2. The van der Waals surface area contributed by atoms with Gasteiger partial charge >= 0.3 is 0 Å². The molecule has 5 nitrogen and oxygen atoms in total. The van der Waals surface area contributed by atoms with Crippen molar-refractivity contribution in [2.75, 3.05) is 18.6 Å². The minimum atomic E-state index is -3.42. The molecule has 1 fully saturated rings. The lowest BCUT2D eigenvalue weighted by atomic mass is 10.3.